The molecule has 2 aromatic heterocycles. The lowest BCUT2D eigenvalue weighted by Crippen LogP contribution is -1.99. The molecule has 0 fully saturated rings. The van der Waals surface area contributed by atoms with E-state index in [-0.39, 0.29) is 5.43 Å². The molecule has 0 saturated heterocycles. The van der Waals surface area contributed by atoms with Gasteiger partial charge in [-0.05, 0) is 30.3 Å². The zero-order chi connectivity index (χ0) is 21.0. The van der Waals surface area contributed by atoms with Crippen LogP contribution < -0.4 is 5.43 Å². The van der Waals surface area contributed by atoms with Crippen LogP contribution in [0.4, 0.5) is 0 Å². The molecule has 0 atom stereocenters. The maximum Gasteiger partial charge on any atom is 0.193 e. The number of para-hydroxylation sites is 3. The number of hydrogen-bond acceptors (Lipinski definition) is 3. The Labute approximate surface area is 179 Å². The standard InChI is InChI=1S/C15H10O2.C13H9N/c16-13-10-15(11-6-2-1-3-7-11)17-14-9-5-4-8-12(13)14;1-3-7-12-10(5-1)9-11-6-2-4-8-13(11)14-12/h1-10H;1-9H. The summed E-state index contributed by atoms with van der Waals surface area (Å²) in [6, 6.07) is 37.0. The molecule has 0 saturated carbocycles. The largest absolute Gasteiger partial charge is 0.456 e. The molecule has 0 aliphatic carbocycles. The smallest absolute Gasteiger partial charge is 0.193 e. The Bertz CT molecular complexity index is 1450. The molecule has 2 heterocycles. The van der Waals surface area contributed by atoms with Crippen LogP contribution in [0.15, 0.2) is 124 Å². The van der Waals surface area contributed by atoms with Crippen LogP contribution in [0.5, 0.6) is 0 Å². The topological polar surface area (TPSA) is 43.1 Å². The third-order valence-electron chi connectivity index (χ3n) is 5.12. The molecule has 3 nitrogen and oxygen atoms in total. The number of nitrogens with zero attached hydrogens (tertiary/aromatic N) is 1. The molecule has 0 aliphatic heterocycles. The highest BCUT2D eigenvalue weighted by Gasteiger charge is 2.05. The first kappa shape index (κ1) is 18.8. The van der Waals surface area contributed by atoms with Gasteiger partial charge in [0.25, 0.3) is 0 Å². The number of pyridine rings is 1. The minimum absolute atomic E-state index is 0.00861. The van der Waals surface area contributed by atoms with Gasteiger partial charge < -0.3 is 4.42 Å². The van der Waals surface area contributed by atoms with E-state index in [9.17, 15) is 4.79 Å². The van der Waals surface area contributed by atoms with Gasteiger partial charge in [0.05, 0.1) is 16.4 Å². The van der Waals surface area contributed by atoms with Crippen molar-refractivity contribution in [2.45, 2.75) is 0 Å². The van der Waals surface area contributed by atoms with Gasteiger partial charge in [-0.15, -0.1) is 0 Å². The summed E-state index contributed by atoms with van der Waals surface area (Å²) in [4.78, 5) is 16.5. The van der Waals surface area contributed by atoms with E-state index in [1.54, 1.807) is 6.07 Å². The highest BCUT2D eigenvalue weighted by Crippen LogP contribution is 2.21. The SMILES string of the molecule is O=c1cc(-c2ccccc2)oc2ccccc12.c1ccc2nc3ccccc3cc2c1. The van der Waals surface area contributed by atoms with E-state index in [4.69, 9.17) is 4.42 Å². The summed E-state index contributed by atoms with van der Waals surface area (Å²) in [6.07, 6.45) is 0. The molecule has 0 N–H and O–H groups in total. The second kappa shape index (κ2) is 8.25. The van der Waals surface area contributed by atoms with E-state index in [0.717, 1.165) is 16.6 Å². The van der Waals surface area contributed by atoms with E-state index < -0.39 is 0 Å². The van der Waals surface area contributed by atoms with E-state index in [1.807, 2.05) is 84.9 Å². The molecule has 3 heteroatoms. The van der Waals surface area contributed by atoms with Crippen LogP contribution in [0, 0.1) is 0 Å². The Kier molecular flexibility index (Phi) is 4.99. The predicted molar refractivity (Wildman–Crippen MR) is 127 cm³/mol. The van der Waals surface area contributed by atoms with Crippen molar-refractivity contribution in [3.63, 3.8) is 0 Å². The molecule has 31 heavy (non-hydrogen) atoms. The summed E-state index contributed by atoms with van der Waals surface area (Å²) in [5.74, 6) is 0.606. The van der Waals surface area contributed by atoms with Crippen molar-refractivity contribution in [3.8, 4) is 11.3 Å². The lowest BCUT2D eigenvalue weighted by Gasteiger charge is -2.02. The summed E-state index contributed by atoms with van der Waals surface area (Å²) in [6.45, 7) is 0. The van der Waals surface area contributed by atoms with Gasteiger partial charge >= 0.3 is 0 Å². The second-order valence-electron chi connectivity index (χ2n) is 7.21. The maximum atomic E-state index is 11.9. The Hall–Kier alpha value is -4.24. The van der Waals surface area contributed by atoms with Gasteiger partial charge in [0, 0.05) is 22.4 Å². The van der Waals surface area contributed by atoms with Crippen LogP contribution in [-0.4, -0.2) is 4.98 Å². The number of benzene rings is 4. The van der Waals surface area contributed by atoms with Gasteiger partial charge in [-0.3, -0.25) is 4.79 Å². The molecule has 0 bridgehead atoms. The molecular formula is C28H19NO2. The quantitative estimate of drug-likeness (QED) is 0.283. The van der Waals surface area contributed by atoms with E-state index >= 15 is 0 Å². The average Bonchev–Trinajstić information content (AvgIpc) is 2.84. The fraction of sp³-hybridized carbons (Fsp3) is 0. The first-order valence-corrected chi connectivity index (χ1v) is 10.1. The van der Waals surface area contributed by atoms with E-state index in [1.165, 1.54) is 16.8 Å². The van der Waals surface area contributed by atoms with Crippen LogP contribution in [0.3, 0.4) is 0 Å². The van der Waals surface area contributed by atoms with Gasteiger partial charge in [-0.2, -0.15) is 0 Å². The lowest BCUT2D eigenvalue weighted by molar-refractivity contribution is 0.619. The van der Waals surface area contributed by atoms with Gasteiger partial charge in [0.1, 0.15) is 11.3 Å². The Morgan fingerprint density at radius 1 is 0.581 bits per heavy atom. The zero-order valence-electron chi connectivity index (χ0n) is 16.7. The number of hydrogen-bond donors (Lipinski definition) is 0. The molecule has 148 valence electrons. The molecule has 6 rings (SSSR count). The Balaban J connectivity index is 0.000000134. The van der Waals surface area contributed by atoms with Crippen molar-refractivity contribution >= 4 is 32.8 Å². The van der Waals surface area contributed by atoms with Gasteiger partial charge in [0.2, 0.25) is 0 Å². The van der Waals surface area contributed by atoms with Crippen LogP contribution in [0.1, 0.15) is 0 Å². The van der Waals surface area contributed by atoms with Crippen molar-refractivity contribution in [3.05, 3.63) is 125 Å². The summed E-state index contributed by atoms with van der Waals surface area (Å²) in [7, 11) is 0. The van der Waals surface area contributed by atoms with Crippen molar-refractivity contribution in [1.82, 2.24) is 4.98 Å². The highest BCUT2D eigenvalue weighted by atomic mass is 16.3. The van der Waals surface area contributed by atoms with Crippen molar-refractivity contribution < 1.29 is 4.42 Å². The van der Waals surface area contributed by atoms with Crippen molar-refractivity contribution in [2.24, 2.45) is 0 Å². The monoisotopic (exact) mass is 401 g/mol. The van der Waals surface area contributed by atoms with Crippen LogP contribution in [0.2, 0.25) is 0 Å². The Morgan fingerprint density at radius 3 is 1.87 bits per heavy atom. The van der Waals surface area contributed by atoms with Crippen LogP contribution in [0.25, 0.3) is 44.1 Å². The fourth-order valence-corrected chi connectivity index (χ4v) is 3.57. The minimum atomic E-state index is -0.00861. The van der Waals surface area contributed by atoms with Gasteiger partial charge in [-0.25, -0.2) is 4.98 Å². The average molecular weight is 401 g/mol. The minimum Gasteiger partial charge on any atom is -0.456 e. The summed E-state index contributed by atoms with van der Waals surface area (Å²) >= 11 is 0. The summed E-state index contributed by atoms with van der Waals surface area (Å²) in [5, 5.41) is 3.02. The Morgan fingerprint density at radius 2 is 1.16 bits per heavy atom. The molecule has 4 aromatic carbocycles. The molecule has 6 aromatic rings. The number of aromatic nitrogens is 1. The summed E-state index contributed by atoms with van der Waals surface area (Å²) in [5.41, 5.74) is 3.65. The molecule has 0 radical (unpaired) electrons. The first-order chi connectivity index (χ1) is 15.3. The van der Waals surface area contributed by atoms with Crippen molar-refractivity contribution in [2.75, 3.05) is 0 Å². The van der Waals surface area contributed by atoms with E-state index in [2.05, 4.69) is 23.2 Å². The normalized spacial score (nSPS) is 10.7. The third kappa shape index (κ3) is 3.94. The van der Waals surface area contributed by atoms with Crippen LogP contribution in [-0.2, 0) is 0 Å². The zero-order valence-corrected chi connectivity index (χ0v) is 16.7. The summed E-state index contributed by atoms with van der Waals surface area (Å²) < 4.78 is 5.73. The fourth-order valence-electron chi connectivity index (χ4n) is 3.57. The predicted octanol–water partition coefficient (Wildman–Crippen LogP) is 6.85. The third-order valence-corrected chi connectivity index (χ3v) is 5.12. The van der Waals surface area contributed by atoms with Crippen molar-refractivity contribution in [1.29, 1.82) is 0 Å². The van der Waals surface area contributed by atoms with Crippen LogP contribution >= 0.6 is 0 Å². The number of fused-ring (bicyclic) bond motifs is 3. The van der Waals surface area contributed by atoms with Gasteiger partial charge in [-0.1, -0.05) is 78.9 Å². The second-order valence-corrected chi connectivity index (χ2v) is 7.21. The molecule has 0 unspecified atom stereocenters. The maximum absolute atomic E-state index is 11.9. The number of rotatable bonds is 1. The van der Waals surface area contributed by atoms with E-state index in [0.29, 0.717) is 16.7 Å². The first-order valence-electron chi connectivity index (χ1n) is 10.1. The molecule has 0 aliphatic rings. The molecular weight excluding hydrogens is 382 g/mol. The van der Waals surface area contributed by atoms with Gasteiger partial charge in [0.15, 0.2) is 5.43 Å². The highest BCUT2D eigenvalue weighted by molar-refractivity contribution is 5.92. The lowest BCUT2D eigenvalue weighted by atomic mass is 10.1. The molecule has 0 spiro atoms. The molecule has 0 amide bonds.